The van der Waals surface area contributed by atoms with Crippen LogP contribution >= 0.6 is 0 Å². The molecule has 2 atom stereocenters. The standard InChI is InChI=1S/C27H27F2NO4/c1-15-23(26(32)34-14-16-5-8-18(33-4)9-6-16)24(17-7-10-19(28)20(29)11-17)25-21(30-15)12-27(2,3)13-22(25)31/h5-12,24-25,30H,13-14H2,1-4H3. The lowest BCUT2D eigenvalue weighted by Crippen LogP contribution is -2.43. The number of esters is 1. The molecule has 1 N–H and O–H groups in total. The van der Waals surface area contributed by atoms with Crippen molar-refractivity contribution < 1.29 is 27.8 Å². The SMILES string of the molecule is COc1ccc(COC(=O)C2=C(C)NC3=CC(C)(C)CC(=O)C3C2c2ccc(F)c(F)c2)cc1. The van der Waals surface area contributed by atoms with Gasteiger partial charge in [-0.05, 0) is 47.7 Å². The van der Waals surface area contributed by atoms with E-state index in [9.17, 15) is 18.4 Å². The highest BCUT2D eigenvalue weighted by atomic mass is 19.2. The number of rotatable bonds is 5. The molecule has 2 aromatic carbocycles. The van der Waals surface area contributed by atoms with Crippen LogP contribution in [0.5, 0.6) is 5.75 Å². The first-order valence-electron chi connectivity index (χ1n) is 11.1. The van der Waals surface area contributed by atoms with Crippen molar-refractivity contribution in [3.63, 3.8) is 0 Å². The Morgan fingerprint density at radius 1 is 1.09 bits per heavy atom. The molecule has 1 aliphatic carbocycles. The molecule has 0 radical (unpaired) electrons. The molecule has 2 unspecified atom stereocenters. The lowest BCUT2D eigenvalue weighted by Gasteiger charge is -2.41. The van der Waals surface area contributed by atoms with Gasteiger partial charge < -0.3 is 14.8 Å². The van der Waals surface area contributed by atoms with Crippen LogP contribution in [0.3, 0.4) is 0 Å². The Bertz CT molecular complexity index is 1200. The molecule has 0 spiro atoms. The normalized spacial score (nSPS) is 21.4. The van der Waals surface area contributed by atoms with Gasteiger partial charge in [-0.2, -0.15) is 0 Å². The molecule has 2 aliphatic rings. The van der Waals surface area contributed by atoms with Crippen LogP contribution in [0.2, 0.25) is 0 Å². The number of allylic oxidation sites excluding steroid dienone is 3. The summed E-state index contributed by atoms with van der Waals surface area (Å²) in [5, 5.41) is 3.21. The van der Waals surface area contributed by atoms with Gasteiger partial charge in [0, 0.05) is 23.7 Å². The summed E-state index contributed by atoms with van der Waals surface area (Å²) >= 11 is 0. The third-order valence-electron chi connectivity index (χ3n) is 6.29. The number of fused-ring (bicyclic) bond motifs is 1. The summed E-state index contributed by atoms with van der Waals surface area (Å²) in [6.07, 6.45) is 2.26. The minimum atomic E-state index is -1.03. The molecule has 4 rings (SSSR count). The maximum Gasteiger partial charge on any atom is 0.336 e. The van der Waals surface area contributed by atoms with Gasteiger partial charge in [-0.1, -0.05) is 38.1 Å². The van der Waals surface area contributed by atoms with Gasteiger partial charge in [-0.15, -0.1) is 0 Å². The molecule has 0 saturated heterocycles. The smallest absolute Gasteiger partial charge is 0.336 e. The Labute approximate surface area is 197 Å². The second-order valence-electron chi connectivity index (χ2n) is 9.45. The molecule has 5 nitrogen and oxygen atoms in total. The number of carbonyl (C=O) groups is 2. The van der Waals surface area contributed by atoms with Crippen molar-refractivity contribution in [2.45, 2.75) is 39.7 Å². The Hall–Kier alpha value is -3.48. The van der Waals surface area contributed by atoms with E-state index in [1.807, 2.05) is 19.9 Å². The van der Waals surface area contributed by atoms with E-state index in [1.165, 1.54) is 6.07 Å². The molecule has 2 aromatic rings. The number of methoxy groups -OCH3 is 1. The average molecular weight is 468 g/mol. The number of nitrogens with one attached hydrogen (secondary N) is 1. The third kappa shape index (κ3) is 4.60. The maximum atomic E-state index is 14.2. The number of carbonyl (C=O) groups excluding carboxylic acids is 2. The van der Waals surface area contributed by atoms with Gasteiger partial charge in [-0.3, -0.25) is 4.79 Å². The molecule has 178 valence electrons. The van der Waals surface area contributed by atoms with Crippen molar-refractivity contribution in [3.8, 4) is 5.75 Å². The summed E-state index contributed by atoms with van der Waals surface area (Å²) < 4.78 is 38.6. The Morgan fingerprint density at radius 2 is 1.79 bits per heavy atom. The first-order chi connectivity index (χ1) is 16.1. The zero-order valence-corrected chi connectivity index (χ0v) is 19.6. The molecule has 0 saturated carbocycles. The number of hydrogen-bond acceptors (Lipinski definition) is 5. The second kappa shape index (κ2) is 9.05. The number of hydrogen-bond donors (Lipinski definition) is 1. The topological polar surface area (TPSA) is 64.6 Å². The van der Waals surface area contributed by atoms with Crippen LogP contribution in [0, 0.1) is 23.0 Å². The number of ether oxygens (including phenoxy) is 2. The highest BCUT2D eigenvalue weighted by Crippen LogP contribution is 2.47. The van der Waals surface area contributed by atoms with Gasteiger partial charge in [0.2, 0.25) is 0 Å². The van der Waals surface area contributed by atoms with E-state index in [1.54, 1.807) is 38.3 Å². The van der Waals surface area contributed by atoms with Crippen LogP contribution in [0.4, 0.5) is 8.78 Å². The van der Waals surface area contributed by atoms with E-state index in [0.29, 0.717) is 22.7 Å². The van der Waals surface area contributed by atoms with E-state index < -0.39 is 29.4 Å². The molecule has 0 fully saturated rings. The predicted molar refractivity (Wildman–Crippen MR) is 123 cm³/mol. The monoisotopic (exact) mass is 467 g/mol. The van der Waals surface area contributed by atoms with Crippen LogP contribution in [0.25, 0.3) is 0 Å². The van der Waals surface area contributed by atoms with E-state index in [0.717, 1.165) is 17.7 Å². The summed E-state index contributed by atoms with van der Waals surface area (Å²) in [6, 6.07) is 10.6. The highest BCUT2D eigenvalue weighted by molar-refractivity contribution is 5.96. The van der Waals surface area contributed by atoms with E-state index in [-0.39, 0.29) is 29.8 Å². The number of halogens is 2. The van der Waals surface area contributed by atoms with Gasteiger partial charge >= 0.3 is 5.97 Å². The van der Waals surface area contributed by atoms with Gasteiger partial charge in [0.1, 0.15) is 18.1 Å². The number of ketones is 1. The minimum absolute atomic E-state index is 0.0123. The van der Waals surface area contributed by atoms with Gasteiger partial charge in [0.15, 0.2) is 11.6 Å². The summed E-state index contributed by atoms with van der Waals surface area (Å²) in [5.41, 5.74) is 2.16. The van der Waals surface area contributed by atoms with Crippen LogP contribution in [0.15, 0.2) is 65.5 Å². The lowest BCUT2D eigenvalue weighted by atomic mass is 9.66. The van der Waals surface area contributed by atoms with Crippen molar-refractivity contribution in [1.29, 1.82) is 0 Å². The first-order valence-corrected chi connectivity index (χ1v) is 11.1. The van der Waals surface area contributed by atoms with E-state index in [4.69, 9.17) is 9.47 Å². The van der Waals surface area contributed by atoms with Crippen molar-refractivity contribution in [1.82, 2.24) is 5.32 Å². The van der Waals surface area contributed by atoms with Crippen molar-refractivity contribution >= 4 is 11.8 Å². The lowest BCUT2D eigenvalue weighted by molar-refractivity contribution is -0.141. The zero-order chi connectivity index (χ0) is 24.6. The highest BCUT2D eigenvalue weighted by Gasteiger charge is 2.46. The molecule has 1 heterocycles. The van der Waals surface area contributed by atoms with Crippen LogP contribution in [0.1, 0.15) is 44.2 Å². The molecule has 0 bridgehead atoms. The van der Waals surface area contributed by atoms with E-state index in [2.05, 4.69) is 5.32 Å². The quantitative estimate of drug-likeness (QED) is 0.614. The Morgan fingerprint density at radius 3 is 2.44 bits per heavy atom. The molecule has 0 amide bonds. The van der Waals surface area contributed by atoms with Crippen molar-refractivity contribution in [2.24, 2.45) is 11.3 Å². The van der Waals surface area contributed by atoms with Crippen LogP contribution in [-0.2, 0) is 20.9 Å². The number of benzene rings is 2. The van der Waals surface area contributed by atoms with Gasteiger partial charge in [0.05, 0.1) is 18.6 Å². The second-order valence-corrected chi connectivity index (χ2v) is 9.45. The molecular formula is C27H27F2NO4. The van der Waals surface area contributed by atoms with Gasteiger partial charge in [-0.25, -0.2) is 13.6 Å². The molecular weight excluding hydrogens is 440 g/mol. The summed E-state index contributed by atoms with van der Waals surface area (Å²) in [6.45, 7) is 5.65. The fourth-order valence-electron chi connectivity index (χ4n) is 4.75. The number of Topliss-reactive ketones (excluding diaryl/α,β-unsaturated/α-hetero) is 1. The molecule has 7 heteroatoms. The molecule has 0 aromatic heterocycles. The summed E-state index contributed by atoms with van der Waals surface area (Å²) in [7, 11) is 1.56. The molecule has 1 aliphatic heterocycles. The zero-order valence-electron chi connectivity index (χ0n) is 19.6. The Balaban J connectivity index is 1.72. The van der Waals surface area contributed by atoms with Crippen molar-refractivity contribution in [2.75, 3.05) is 7.11 Å². The summed E-state index contributed by atoms with van der Waals surface area (Å²) in [5.74, 6) is -3.55. The van der Waals surface area contributed by atoms with Crippen molar-refractivity contribution in [3.05, 3.63) is 88.3 Å². The van der Waals surface area contributed by atoms with Gasteiger partial charge in [0.25, 0.3) is 0 Å². The van der Waals surface area contributed by atoms with Crippen LogP contribution < -0.4 is 10.1 Å². The van der Waals surface area contributed by atoms with Crippen LogP contribution in [-0.4, -0.2) is 18.9 Å². The minimum Gasteiger partial charge on any atom is -0.497 e. The fourth-order valence-corrected chi connectivity index (χ4v) is 4.75. The largest absolute Gasteiger partial charge is 0.497 e. The first kappa shape index (κ1) is 23.7. The third-order valence-corrected chi connectivity index (χ3v) is 6.29. The molecule has 34 heavy (non-hydrogen) atoms. The summed E-state index contributed by atoms with van der Waals surface area (Å²) in [4.78, 5) is 26.6. The fraction of sp³-hybridized carbons (Fsp3) is 0.333. The predicted octanol–water partition coefficient (Wildman–Crippen LogP) is 5.18. The van der Waals surface area contributed by atoms with E-state index >= 15 is 0 Å². The maximum absolute atomic E-state index is 14.2. The Kier molecular flexibility index (Phi) is 6.30. The average Bonchev–Trinajstić information content (AvgIpc) is 2.78.